The fraction of sp³-hybridized carbons (Fsp3) is 0.167. The molecular weight excluding hydrogens is 411 g/mol. The number of carbonyl (C=O) groups excluding carboxylic acids is 1. The van der Waals surface area contributed by atoms with Crippen LogP contribution in [-0.4, -0.2) is 36.5 Å². The maximum atomic E-state index is 13.6. The van der Waals surface area contributed by atoms with Crippen LogP contribution >= 0.6 is 0 Å². The number of fused-ring (bicyclic) bond motifs is 1. The molecule has 1 N–H and O–H groups in total. The van der Waals surface area contributed by atoms with E-state index in [-0.39, 0.29) is 35.7 Å². The second kappa shape index (κ2) is 8.97. The molecule has 4 rings (SSSR count). The van der Waals surface area contributed by atoms with E-state index in [9.17, 15) is 19.1 Å². The van der Waals surface area contributed by atoms with Crippen molar-refractivity contribution >= 4 is 17.4 Å². The fourth-order valence-electron chi connectivity index (χ4n) is 3.70. The smallest absolute Gasteiger partial charge is 0.354 e. The van der Waals surface area contributed by atoms with Gasteiger partial charge in [-0.1, -0.05) is 31.2 Å². The molecule has 1 atom stereocenters. The number of amides is 1. The molecule has 0 spiro atoms. The van der Waals surface area contributed by atoms with Crippen molar-refractivity contribution in [3.63, 3.8) is 0 Å². The van der Waals surface area contributed by atoms with Crippen LogP contribution in [0.15, 0.2) is 72.9 Å². The molecule has 0 fully saturated rings. The molecule has 3 heterocycles. The molecule has 162 valence electrons. The van der Waals surface area contributed by atoms with Crippen molar-refractivity contribution in [1.82, 2.24) is 19.5 Å². The summed E-state index contributed by atoms with van der Waals surface area (Å²) in [5.74, 6) is -1.83. The Hall–Kier alpha value is -4.07. The Morgan fingerprint density at radius 2 is 1.84 bits per heavy atom. The van der Waals surface area contributed by atoms with Gasteiger partial charge in [-0.3, -0.25) is 4.79 Å². The number of rotatable bonds is 7. The van der Waals surface area contributed by atoms with E-state index in [4.69, 9.17) is 0 Å². The molecule has 0 radical (unpaired) electrons. The number of carbonyl (C=O) groups is 2. The second-order valence-electron chi connectivity index (χ2n) is 7.33. The second-order valence-corrected chi connectivity index (χ2v) is 7.33. The van der Waals surface area contributed by atoms with Gasteiger partial charge in [-0.05, 0) is 54.4 Å². The molecule has 1 aromatic carbocycles. The SMILES string of the molecule is CCC(c1ccc(F)cc1)N(Cc1cccc(C(=O)O)n1)C(=O)c1cc2ccccn2n1. The summed E-state index contributed by atoms with van der Waals surface area (Å²) in [6, 6.07) is 17.5. The summed E-state index contributed by atoms with van der Waals surface area (Å²) >= 11 is 0. The highest BCUT2D eigenvalue weighted by atomic mass is 19.1. The van der Waals surface area contributed by atoms with Gasteiger partial charge < -0.3 is 10.0 Å². The van der Waals surface area contributed by atoms with Crippen LogP contribution in [0.1, 0.15) is 51.6 Å². The number of pyridine rings is 2. The van der Waals surface area contributed by atoms with Crippen molar-refractivity contribution in [2.45, 2.75) is 25.9 Å². The molecule has 3 aromatic heterocycles. The Kier molecular flexibility index (Phi) is 5.93. The molecule has 4 aromatic rings. The highest BCUT2D eigenvalue weighted by molar-refractivity contribution is 5.94. The van der Waals surface area contributed by atoms with Crippen molar-refractivity contribution in [3.05, 3.63) is 101 Å². The van der Waals surface area contributed by atoms with Gasteiger partial charge in [-0.2, -0.15) is 5.10 Å². The molecule has 0 saturated heterocycles. The van der Waals surface area contributed by atoms with Crippen LogP contribution in [0.25, 0.3) is 5.52 Å². The Balaban J connectivity index is 1.75. The van der Waals surface area contributed by atoms with Crippen LogP contribution in [-0.2, 0) is 6.54 Å². The van der Waals surface area contributed by atoms with Crippen LogP contribution in [0.5, 0.6) is 0 Å². The lowest BCUT2D eigenvalue weighted by molar-refractivity contribution is 0.0643. The minimum atomic E-state index is -1.14. The molecule has 8 heteroatoms. The molecule has 0 aliphatic heterocycles. The van der Waals surface area contributed by atoms with E-state index < -0.39 is 5.97 Å². The maximum Gasteiger partial charge on any atom is 0.354 e. The van der Waals surface area contributed by atoms with Crippen LogP contribution in [0, 0.1) is 5.82 Å². The molecule has 1 unspecified atom stereocenters. The summed E-state index contributed by atoms with van der Waals surface area (Å²) < 4.78 is 15.1. The summed E-state index contributed by atoms with van der Waals surface area (Å²) in [4.78, 5) is 30.7. The number of aromatic carboxylic acids is 1. The topological polar surface area (TPSA) is 87.8 Å². The van der Waals surface area contributed by atoms with E-state index in [0.717, 1.165) is 11.1 Å². The first kappa shape index (κ1) is 21.2. The Bertz CT molecular complexity index is 1240. The zero-order valence-corrected chi connectivity index (χ0v) is 17.4. The first-order valence-electron chi connectivity index (χ1n) is 10.2. The number of halogens is 1. The summed E-state index contributed by atoms with van der Waals surface area (Å²) in [6.07, 6.45) is 2.31. The van der Waals surface area contributed by atoms with E-state index in [1.807, 2.05) is 25.1 Å². The van der Waals surface area contributed by atoms with E-state index in [1.165, 1.54) is 18.2 Å². The minimum Gasteiger partial charge on any atom is -0.477 e. The summed E-state index contributed by atoms with van der Waals surface area (Å²) in [7, 11) is 0. The first-order valence-corrected chi connectivity index (χ1v) is 10.2. The third-order valence-electron chi connectivity index (χ3n) is 5.23. The normalized spacial score (nSPS) is 11.9. The summed E-state index contributed by atoms with van der Waals surface area (Å²) in [6.45, 7) is 2.00. The molecule has 7 nitrogen and oxygen atoms in total. The molecule has 0 aliphatic rings. The third kappa shape index (κ3) is 4.34. The highest BCUT2D eigenvalue weighted by Gasteiger charge is 2.28. The van der Waals surface area contributed by atoms with Crippen molar-refractivity contribution < 1.29 is 19.1 Å². The van der Waals surface area contributed by atoms with Crippen LogP contribution < -0.4 is 0 Å². The average Bonchev–Trinajstić information content (AvgIpc) is 3.24. The maximum absolute atomic E-state index is 13.6. The Morgan fingerprint density at radius 3 is 2.53 bits per heavy atom. The summed E-state index contributed by atoms with van der Waals surface area (Å²) in [5, 5.41) is 13.7. The number of benzene rings is 1. The van der Waals surface area contributed by atoms with Gasteiger partial charge in [0.05, 0.1) is 23.8 Å². The molecule has 0 bridgehead atoms. The molecule has 32 heavy (non-hydrogen) atoms. The third-order valence-corrected chi connectivity index (χ3v) is 5.23. The predicted molar refractivity (Wildman–Crippen MR) is 116 cm³/mol. The van der Waals surface area contributed by atoms with E-state index in [1.54, 1.807) is 45.9 Å². The highest BCUT2D eigenvalue weighted by Crippen LogP contribution is 2.28. The number of aromatic nitrogens is 3. The zero-order chi connectivity index (χ0) is 22.7. The van der Waals surface area contributed by atoms with Gasteiger partial charge in [0.15, 0.2) is 5.69 Å². The molecule has 0 aliphatic carbocycles. The molecule has 0 saturated carbocycles. The lowest BCUT2D eigenvalue weighted by atomic mass is 10.0. The van der Waals surface area contributed by atoms with Gasteiger partial charge in [-0.25, -0.2) is 18.7 Å². The van der Waals surface area contributed by atoms with Gasteiger partial charge in [0.25, 0.3) is 5.91 Å². The number of carboxylic acid groups (broad SMARTS) is 1. The van der Waals surface area contributed by atoms with Crippen LogP contribution in [0.4, 0.5) is 4.39 Å². The van der Waals surface area contributed by atoms with E-state index in [2.05, 4.69) is 10.1 Å². The van der Waals surface area contributed by atoms with Gasteiger partial charge in [0.1, 0.15) is 11.5 Å². The fourth-order valence-corrected chi connectivity index (χ4v) is 3.70. The van der Waals surface area contributed by atoms with Crippen LogP contribution in [0.2, 0.25) is 0 Å². The Labute approximate surface area is 183 Å². The van der Waals surface area contributed by atoms with Gasteiger partial charge >= 0.3 is 5.97 Å². The lowest BCUT2D eigenvalue weighted by Gasteiger charge is -2.31. The average molecular weight is 432 g/mol. The zero-order valence-electron chi connectivity index (χ0n) is 17.4. The van der Waals surface area contributed by atoms with E-state index >= 15 is 0 Å². The van der Waals surface area contributed by atoms with Gasteiger partial charge in [-0.15, -0.1) is 0 Å². The molecular formula is C24H21FN4O3. The quantitative estimate of drug-likeness (QED) is 0.469. The molecule has 1 amide bonds. The minimum absolute atomic E-state index is 0.0731. The number of hydrogen-bond acceptors (Lipinski definition) is 4. The standard InChI is InChI=1S/C24H21FN4O3/c1-2-22(16-9-11-17(25)12-10-16)28(15-18-6-5-8-20(26-18)24(31)32)23(30)21-14-19-7-3-4-13-29(19)27-21/h3-14,22H,2,15H2,1H3,(H,31,32). The summed E-state index contributed by atoms with van der Waals surface area (Å²) in [5.41, 5.74) is 2.13. The van der Waals surface area contributed by atoms with Gasteiger partial charge in [0, 0.05) is 6.20 Å². The monoisotopic (exact) mass is 432 g/mol. The van der Waals surface area contributed by atoms with E-state index in [0.29, 0.717) is 12.1 Å². The van der Waals surface area contributed by atoms with Crippen LogP contribution in [0.3, 0.4) is 0 Å². The van der Waals surface area contributed by atoms with Crippen molar-refractivity contribution in [2.75, 3.05) is 0 Å². The number of hydrogen-bond donors (Lipinski definition) is 1. The number of carboxylic acids is 1. The lowest BCUT2D eigenvalue weighted by Crippen LogP contribution is -2.35. The van der Waals surface area contributed by atoms with Gasteiger partial charge in [0.2, 0.25) is 0 Å². The van der Waals surface area contributed by atoms with Crippen molar-refractivity contribution in [3.8, 4) is 0 Å². The first-order chi connectivity index (χ1) is 15.5. The predicted octanol–water partition coefficient (Wildman–Crippen LogP) is 4.36. The van der Waals surface area contributed by atoms with Crippen molar-refractivity contribution in [2.24, 2.45) is 0 Å². The van der Waals surface area contributed by atoms with Crippen molar-refractivity contribution in [1.29, 1.82) is 0 Å². The number of nitrogens with zero attached hydrogens (tertiary/aromatic N) is 4. The Morgan fingerprint density at radius 1 is 1.06 bits per heavy atom. The largest absolute Gasteiger partial charge is 0.477 e.